The third kappa shape index (κ3) is 2.57. The average Bonchev–Trinajstić information content (AvgIpc) is 2.47. The third-order valence-corrected chi connectivity index (χ3v) is 6.12. The largest absolute Gasteiger partial charge is 0.375 e. The minimum Gasteiger partial charge on any atom is -0.375 e. The molecule has 1 saturated carbocycles. The first kappa shape index (κ1) is 14.3. The number of fused-ring (bicyclic) bond motifs is 1. The highest BCUT2D eigenvalue weighted by Gasteiger charge is 2.40. The second-order valence-corrected chi connectivity index (χ2v) is 7.47. The third-order valence-electron chi connectivity index (χ3n) is 3.99. The molecule has 2 heterocycles. The number of ether oxygens (including phenoxy) is 1. The lowest BCUT2D eigenvalue weighted by atomic mass is 9.91. The number of morpholine rings is 1. The first-order valence-corrected chi connectivity index (χ1v) is 8.66. The van der Waals surface area contributed by atoms with Crippen molar-refractivity contribution in [2.24, 2.45) is 0 Å². The van der Waals surface area contributed by atoms with Crippen molar-refractivity contribution in [3.8, 4) is 0 Å². The van der Waals surface area contributed by atoms with Crippen LogP contribution in [0.25, 0.3) is 0 Å². The summed E-state index contributed by atoms with van der Waals surface area (Å²) >= 11 is 5.72. The van der Waals surface area contributed by atoms with E-state index >= 15 is 0 Å². The first-order valence-electron chi connectivity index (χ1n) is 6.84. The van der Waals surface area contributed by atoms with Crippen molar-refractivity contribution in [1.29, 1.82) is 0 Å². The van der Waals surface area contributed by atoms with Crippen LogP contribution in [0.15, 0.2) is 23.2 Å². The summed E-state index contributed by atoms with van der Waals surface area (Å²) in [7, 11) is -3.52. The second-order valence-electron chi connectivity index (χ2n) is 5.19. The minimum atomic E-state index is -3.52. The predicted octanol–water partition coefficient (Wildman–Crippen LogP) is 2.07. The van der Waals surface area contributed by atoms with Crippen LogP contribution in [0.3, 0.4) is 0 Å². The molecule has 2 unspecified atom stereocenters. The standard InChI is InChI=1S/C13H17ClN2O3S/c14-13-6-5-10(9-15-13)20(17,18)16-7-8-19-12-4-2-1-3-11(12)16/h5-6,9,11-12H,1-4,7-8H2. The topological polar surface area (TPSA) is 59.5 Å². The Morgan fingerprint density at radius 2 is 2.10 bits per heavy atom. The van der Waals surface area contributed by atoms with Crippen LogP contribution in [-0.4, -0.2) is 43.0 Å². The number of hydrogen-bond acceptors (Lipinski definition) is 4. The number of halogens is 1. The van der Waals surface area contributed by atoms with Gasteiger partial charge < -0.3 is 4.74 Å². The Balaban J connectivity index is 1.91. The zero-order chi connectivity index (χ0) is 14.2. The molecule has 0 spiro atoms. The van der Waals surface area contributed by atoms with Gasteiger partial charge in [0.25, 0.3) is 0 Å². The number of nitrogens with zero attached hydrogens (tertiary/aromatic N) is 2. The molecule has 2 fully saturated rings. The van der Waals surface area contributed by atoms with Crippen LogP contribution >= 0.6 is 11.6 Å². The Morgan fingerprint density at radius 3 is 2.85 bits per heavy atom. The van der Waals surface area contributed by atoms with Gasteiger partial charge in [-0.1, -0.05) is 24.4 Å². The van der Waals surface area contributed by atoms with Crippen LogP contribution in [0, 0.1) is 0 Å². The van der Waals surface area contributed by atoms with Gasteiger partial charge in [0.15, 0.2) is 0 Å². The SMILES string of the molecule is O=S(=O)(c1ccc(Cl)nc1)N1CCOC2CCCCC21. The number of rotatable bonds is 2. The summed E-state index contributed by atoms with van der Waals surface area (Å²) in [5.41, 5.74) is 0. The van der Waals surface area contributed by atoms with Gasteiger partial charge in [-0.3, -0.25) is 0 Å². The highest BCUT2D eigenvalue weighted by Crippen LogP contribution is 2.32. The molecule has 7 heteroatoms. The molecule has 0 radical (unpaired) electrons. The molecular weight excluding hydrogens is 300 g/mol. The number of aromatic nitrogens is 1. The van der Waals surface area contributed by atoms with Crippen molar-refractivity contribution in [2.45, 2.75) is 42.7 Å². The molecule has 20 heavy (non-hydrogen) atoms. The molecule has 0 N–H and O–H groups in total. The Labute approximate surface area is 123 Å². The Kier molecular flexibility index (Phi) is 3.99. The van der Waals surface area contributed by atoms with E-state index in [0.717, 1.165) is 25.7 Å². The summed E-state index contributed by atoms with van der Waals surface area (Å²) in [5.74, 6) is 0. The molecule has 3 rings (SSSR count). The van der Waals surface area contributed by atoms with Crippen molar-refractivity contribution < 1.29 is 13.2 Å². The van der Waals surface area contributed by atoms with E-state index in [-0.39, 0.29) is 17.0 Å². The first-order chi connectivity index (χ1) is 9.59. The highest BCUT2D eigenvalue weighted by molar-refractivity contribution is 7.89. The molecule has 2 atom stereocenters. The molecule has 0 bridgehead atoms. The summed E-state index contributed by atoms with van der Waals surface area (Å²) < 4.78 is 32.8. The molecule has 0 amide bonds. The van der Waals surface area contributed by atoms with E-state index in [4.69, 9.17) is 16.3 Å². The summed E-state index contributed by atoms with van der Waals surface area (Å²) in [6.07, 6.45) is 5.32. The van der Waals surface area contributed by atoms with E-state index < -0.39 is 10.0 Å². The molecule has 1 aromatic rings. The zero-order valence-electron chi connectivity index (χ0n) is 11.0. The van der Waals surface area contributed by atoms with Crippen LogP contribution in [0.1, 0.15) is 25.7 Å². The number of pyridine rings is 1. The maximum absolute atomic E-state index is 12.7. The predicted molar refractivity (Wildman–Crippen MR) is 75.1 cm³/mol. The van der Waals surface area contributed by atoms with Gasteiger partial charge in [-0.2, -0.15) is 4.31 Å². The normalized spacial score (nSPS) is 28.1. The average molecular weight is 317 g/mol. The van der Waals surface area contributed by atoms with E-state index in [1.807, 2.05) is 0 Å². The van der Waals surface area contributed by atoms with Crippen LogP contribution in [0.5, 0.6) is 0 Å². The van der Waals surface area contributed by atoms with Gasteiger partial charge >= 0.3 is 0 Å². The number of hydrogen-bond donors (Lipinski definition) is 0. The molecular formula is C13H17ClN2O3S. The van der Waals surface area contributed by atoms with Crippen LogP contribution in [-0.2, 0) is 14.8 Å². The molecule has 1 aliphatic heterocycles. The fraction of sp³-hybridized carbons (Fsp3) is 0.615. The van der Waals surface area contributed by atoms with Gasteiger partial charge in [-0.05, 0) is 25.0 Å². The van der Waals surface area contributed by atoms with Gasteiger partial charge in [0, 0.05) is 12.7 Å². The molecule has 110 valence electrons. The van der Waals surface area contributed by atoms with Crippen LogP contribution in [0.4, 0.5) is 0 Å². The van der Waals surface area contributed by atoms with Crippen molar-refractivity contribution in [1.82, 2.24) is 9.29 Å². The molecule has 0 aromatic carbocycles. The smallest absolute Gasteiger partial charge is 0.245 e. The molecule has 1 aromatic heterocycles. The Morgan fingerprint density at radius 1 is 1.30 bits per heavy atom. The van der Waals surface area contributed by atoms with Crippen molar-refractivity contribution in [3.05, 3.63) is 23.5 Å². The maximum Gasteiger partial charge on any atom is 0.245 e. The molecule has 2 aliphatic rings. The van der Waals surface area contributed by atoms with Crippen molar-refractivity contribution in [2.75, 3.05) is 13.2 Å². The van der Waals surface area contributed by atoms with Crippen LogP contribution in [0.2, 0.25) is 5.15 Å². The van der Waals surface area contributed by atoms with E-state index in [0.29, 0.717) is 18.3 Å². The van der Waals surface area contributed by atoms with Crippen molar-refractivity contribution >= 4 is 21.6 Å². The van der Waals surface area contributed by atoms with Crippen LogP contribution < -0.4 is 0 Å². The van der Waals surface area contributed by atoms with Crippen molar-refractivity contribution in [3.63, 3.8) is 0 Å². The Bertz CT molecular complexity index is 574. The molecule has 1 saturated heterocycles. The Hall–Kier alpha value is -0.690. The zero-order valence-corrected chi connectivity index (χ0v) is 12.6. The van der Waals surface area contributed by atoms with Gasteiger partial charge in [0.1, 0.15) is 10.0 Å². The summed E-state index contributed by atoms with van der Waals surface area (Å²) in [5, 5.41) is 0.293. The second kappa shape index (κ2) is 5.60. The van der Waals surface area contributed by atoms with Gasteiger partial charge in [0.2, 0.25) is 10.0 Å². The summed E-state index contributed by atoms with van der Waals surface area (Å²) in [6, 6.07) is 2.98. The van der Waals surface area contributed by atoms with E-state index in [9.17, 15) is 8.42 Å². The summed E-state index contributed by atoms with van der Waals surface area (Å²) in [4.78, 5) is 4.07. The molecule has 5 nitrogen and oxygen atoms in total. The fourth-order valence-corrected chi connectivity index (χ4v) is 4.73. The molecule has 1 aliphatic carbocycles. The quantitative estimate of drug-likeness (QED) is 0.784. The van der Waals surface area contributed by atoms with Gasteiger partial charge in [0.05, 0.1) is 18.8 Å². The lowest BCUT2D eigenvalue weighted by Crippen LogP contribution is -2.54. The van der Waals surface area contributed by atoms with E-state index in [1.165, 1.54) is 18.3 Å². The van der Waals surface area contributed by atoms with E-state index in [2.05, 4.69) is 4.98 Å². The van der Waals surface area contributed by atoms with Gasteiger partial charge in [-0.15, -0.1) is 0 Å². The monoisotopic (exact) mass is 316 g/mol. The lowest BCUT2D eigenvalue weighted by Gasteiger charge is -2.42. The highest BCUT2D eigenvalue weighted by atomic mass is 35.5. The maximum atomic E-state index is 12.7. The fourth-order valence-electron chi connectivity index (χ4n) is 3.01. The van der Waals surface area contributed by atoms with E-state index in [1.54, 1.807) is 4.31 Å². The van der Waals surface area contributed by atoms with Gasteiger partial charge in [-0.25, -0.2) is 13.4 Å². The number of sulfonamides is 1. The summed E-state index contributed by atoms with van der Waals surface area (Å²) in [6.45, 7) is 0.869. The lowest BCUT2D eigenvalue weighted by molar-refractivity contribution is -0.0586. The minimum absolute atomic E-state index is 0.0348.